The number of amides is 1. The second-order valence-electron chi connectivity index (χ2n) is 7.91. The van der Waals surface area contributed by atoms with E-state index >= 15 is 0 Å². The zero-order chi connectivity index (χ0) is 23.8. The molecule has 1 aromatic heterocycles. The van der Waals surface area contributed by atoms with Crippen LogP contribution >= 0.6 is 23.4 Å². The molecule has 3 aromatic carbocycles. The molecule has 0 saturated heterocycles. The number of aromatic nitrogens is 2. The molecule has 0 fully saturated rings. The molecule has 1 amide bonds. The Balaban J connectivity index is 1.50. The van der Waals surface area contributed by atoms with E-state index < -0.39 is 0 Å². The van der Waals surface area contributed by atoms with Crippen LogP contribution in [-0.4, -0.2) is 27.8 Å². The van der Waals surface area contributed by atoms with Crippen LogP contribution in [0.4, 0.5) is 0 Å². The van der Waals surface area contributed by atoms with Crippen molar-refractivity contribution in [2.24, 2.45) is 0 Å². The average molecular weight is 490 g/mol. The van der Waals surface area contributed by atoms with Gasteiger partial charge in [-0.25, -0.2) is 4.98 Å². The van der Waals surface area contributed by atoms with Crippen LogP contribution < -0.4 is 5.32 Å². The Morgan fingerprint density at radius 1 is 0.941 bits per heavy atom. The molecule has 0 bridgehead atoms. The van der Waals surface area contributed by atoms with Gasteiger partial charge >= 0.3 is 0 Å². The predicted molar refractivity (Wildman–Crippen MR) is 143 cm³/mol. The van der Waals surface area contributed by atoms with Crippen molar-refractivity contribution in [3.8, 4) is 22.5 Å². The molecule has 0 aliphatic carbocycles. The molecule has 0 radical (unpaired) electrons. The summed E-state index contributed by atoms with van der Waals surface area (Å²) in [6.45, 7) is 3.67. The maximum absolute atomic E-state index is 12.4. The summed E-state index contributed by atoms with van der Waals surface area (Å²) in [5, 5.41) is 4.45. The molecule has 0 aliphatic heterocycles. The highest BCUT2D eigenvalue weighted by atomic mass is 35.5. The van der Waals surface area contributed by atoms with Crippen molar-refractivity contribution in [2.45, 2.75) is 31.5 Å². The first-order valence-electron chi connectivity index (χ1n) is 11.6. The molecule has 0 atom stereocenters. The van der Waals surface area contributed by atoms with Crippen LogP contribution in [0.5, 0.6) is 0 Å². The lowest BCUT2D eigenvalue weighted by atomic mass is 10.0. The summed E-state index contributed by atoms with van der Waals surface area (Å²) in [6, 6.07) is 28.0. The molecule has 6 heteroatoms. The molecular formula is C28H28ClN3OS. The van der Waals surface area contributed by atoms with Gasteiger partial charge in [0, 0.05) is 30.0 Å². The summed E-state index contributed by atoms with van der Waals surface area (Å²) in [6.07, 6.45) is 1.85. The summed E-state index contributed by atoms with van der Waals surface area (Å²) in [4.78, 5) is 17.5. The summed E-state index contributed by atoms with van der Waals surface area (Å²) < 4.78 is 2.34. The quantitative estimate of drug-likeness (QED) is 0.189. The number of nitrogens with zero attached hydrogens (tertiary/aromatic N) is 2. The second kappa shape index (κ2) is 11.9. The molecule has 4 aromatic rings. The van der Waals surface area contributed by atoms with E-state index in [0.717, 1.165) is 47.2 Å². The number of carbonyl (C=O) groups excluding carboxylic acids is 1. The van der Waals surface area contributed by atoms with Crippen molar-refractivity contribution < 1.29 is 4.79 Å². The number of nitrogens with one attached hydrogen (secondary N) is 1. The van der Waals surface area contributed by atoms with E-state index in [1.165, 1.54) is 5.56 Å². The Hall–Kier alpha value is -3.02. The van der Waals surface area contributed by atoms with E-state index in [0.29, 0.717) is 17.1 Å². The van der Waals surface area contributed by atoms with Gasteiger partial charge in [-0.2, -0.15) is 0 Å². The van der Waals surface area contributed by atoms with Crippen molar-refractivity contribution in [3.05, 3.63) is 95.5 Å². The Labute approximate surface area is 210 Å². The second-order valence-corrected chi connectivity index (χ2v) is 9.38. The largest absolute Gasteiger partial charge is 0.352 e. The highest BCUT2D eigenvalue weighted by Gasteiger charge is 2.20. The number of imidazole rings is 1. The van der Waals surface area contributed by atoms with Gasteiger partial charge in [-0.3, -0.25) is 4.79 Å². The third-order valence-electron chi connectivity index (χ3n) is 5.43. The Morgan fingerprint density at radius 3 is 2.26 bits per heavy atom. The molecule has 174 valence electrons. The molecule has 4 rings (SSSR count). The van der Waals surface area contributed by atoms with Gasteiger partial charge in [-0.15, -0.1) is 0 Å². The minimum absolute atomic E-state index is 0.138. The Morgan fingerprint density at radius 2 is 1.59 bits per heavy atom. The van der Waals surface area contributed by atoms with E-state index in [1.54, 1.807) is 23.9 Å². The molecule has 0 unspecified atom stereocenters. The van der Waals surface area contributed by atoms with Gasteiger partial charge in [-0.05, 0) is 25.0 Å². The zero-order valence-electron chi connectivity index (χ0n) is 19.2. The summed E-state index contributed by atoms with van der Waals surface area (Å²) >= 11 is 7.86. The standard InChI is InChI=1S/C28H28ClN3OS/c1-2-19-32-26(22-14-7-4-8-15-22)25(21-12-5-3-6-13-21)31-28(32)34-20-11-18-30-27(33)23-16-9-10-17-24(23)29/h3-10,12-17H,2,11,18-20H2,1H3,(H,30,33). The maximum atomic E-state index is 12.4. The van der Waals surface area contributed by atoms with Crippen molar-refractivity contribution in [2.75, 3.05) is 12.3 Å². The normalized spacial score (nSPS) is 10.9. The van der Waals surface area contributed by atoms with E-state index in [-0.39, 0.29) is 5.91 Å². The van der Waals surface area contributed by atoms with Crippen LogP contribution in [-0.2, 0) is 6.54 Å². The highest BCUT2D eigenvalue weighted by molar-refractivity contribution is 7.99. The highest BCUT2D eigenvalue weighted by Crippen LogP contribution is 2.36. The predicted octanol–water partition coefficient (Wildman–Crippen LogP) is 7.19. The SMILES string of the molecule is CCCn1c(SCCCNC(=O)c2ccccc2Cl)nc(-c2ccccc2)c1-c1ccccc1. The summed E-state index contributed by atoms with van der Waals surface area (Å²) in [5.74, 6) is 0.715. The lowest BCUT2D eigenvalue weighted by Gasteiger charge is -2.12. The summed E-state index contributed by atoms with van der Waals surface area (Å²) in [5.41, 5.74) is 4.96. The fourth-order valence-corrected chi connectivity index (χ4v) is 5.02. The van der Waals surface area contributed by atoms with Gasteiger partial charge in [0.25, 0.3) is 5.91 Å². The third-order valence-corrected chi connectivity index (χ3v) is 6.82. The lowest BCUT2D eigenvalue weighted by Crippen LogP contribution is -2.25. The number of benzene rings is 3. The fraction of sp³-hybridized carbons (Fsp3) is 0.214. The molecule has 34 heavy (non-hydrogen) atoms. The fourth-order valence-electron chi connectivity index (χ4n) is 3.84. The van der Waals surface area contributed by atoms with Gasteiger partial charge in [0.1, 0.15) is 0 Å². The van der Waals surface area contributed by atoms with Crippen molar-refractivity contribution in [1.82, 2.24) is 14.9 Å². The number of carbonyl (C=O) groups is 1. The molecular weight excluding hydrogens is 462 g/mol. The number of halogens is 1. The van der Waals surface area contributed by atoms with Crippen LogP contribution in [0, 0.1) is 0 Å². The van der Waals surface area contributed by atoms with Crippen LogP contribution in [0.1, 0.15) is 30.1 Å². The third kappa shape index (κ3) is 5.72. The average Bonchev–Trinajstić information content (AvgIpc) is 3.23. The zero-order valence-corrected chi connectivity index (χ0v) is 20.8. The first-order chi connectivity index (χ1) is 16.7. The monoisotopic (exact) mass is 489 g/mol. The molecule has 0 aliphatic rings. The van der Waals surface area contributed by atoms with E-state index in [2.05, 4.69) is 65.3 Å². The van der Waals surface area contributed by atoms with Crippen molar-refractivity contribution in [1.29, 1.82) is 0 Å². The van der Waals surface area contributed by atoms with Gasteiger partial charge in [0.15, 0.2) is 5.16 Å². The lowest BCUT2D eigenvalue weighted by molar-refractivity contribution is 0.0954. The van der Waals surface area contributed by atoms with Gasteiger partial charge in [-0.1, -0.05) is 103 Å². The Bertz CT molecular complexity index is 1230. The Kier molecular flexibility index (Phi) is 8.45. The molecule has 4 nitrogen and oxygen atoms in total. The minimum Gasteiger partial charge on any atom is -0.352 e. The molecule has 0 saturated carbocycles. The molecule has 1 N–H and O–H groups in total. The van der Waals surface area contributed by atoms with Crippen LogP contribution in [0.3, 0.4) is 0 Å². The van der Waals surface area contributed by atoms with E-state index in [4.69, 9.17) is 16.6 Å². The van der Waals surface area contributed by atoms with Crippen LogP contribution in [0.2, 0.25) is 5.02 Å². The van der Waals surface area contributed by atoms with E-state index in [9.17, 15) is 4.79 Å². The first-order valence-corrected chi connectivity index (χ1v) is 12.9. The van der Waals surface area contributed by atoms with Gasteiger partial charge in [0.05, 0.1) is 22.0 Å². The van der Waals surface area contributed by atoms with Gasteiger partial charge < -0.3 is 9.88 Å². The van der Waals surface area contributed by atoms with Gasteiger partial charge in [0.2, 0.25) is 0 Å². The maximum Gasteiger partial charge on any atom is 0.252 e. The van der Waals surface area contributed by atoms with Crippen molar-refractivity contribution >= 4 is 29.3 Å². The minimum atomic E-state index is -0.138. The number of hydrogen-bond donors (Lipinski definition) is 1. The first kappa shape index (κ1) is 24.1. The topological polar surface area (TPSA) is 46.9 Å². The smallest absolute Gasteiger partial charge is 0.252 e. The van der Waals surface area contributed by atoms with Crippen molar-refractivity contribution in [3.63, 3.8) is 0 Å². The number of rotatable bonds is 10. The number of thioether (sulfide) groups is 1. The molecule has 1 heterocycles. The van der Waals surface area contributed by atoms with Crippen LogP contribution in [0.15, 0.2) is 90.1 Å². The summed E-state index contributed by atoms with van der Waals surface area (Å²) in [7, 11) is 0. The number of hydrogen-bond acceptors (Lipinski definition) is 3. The van der Waals surface area contributed by atoms with E-state index in [1.807, 2.05) is 24.3 Å². The van der Waals surface area contributed by atoms with Crippen LogP contribution in [0.25, 0.3) is 22.5 Å². The molecule has 0 spiro atoms.